The molecule has 1 aliphatic rings. The van der Waals surface area contributed by atoms with Crippen molar-refractivity contribution in [3.63, 3.8) is 0 Å². The van der Waals surface area contributed by atoms with Gasteiger partial charge in [0.1, 0.15) is 0 Å². The zero-order chi connectivity index (χ0) is 16.1. The molecular weight excluding hydrogens is 276 g/mol. The van der Waals surface area contributed by atoms with E-state index in [1.807, 2.05) is 31.8 Å². The van der Waals surface area contributed by atoms with E-state index in [0.29, 0.717) is 12.1 Å². The van der Waals surface area contributed by atoms with Gasteiger partial charge in [-0.05, 0) is 39.5 Å². The van der Waals surface area contributed by atoms with Crippen molar-refractivity contribution in [2.75, 3.05) is 0 Å². The minimum atomic E-state index is 0.153. The van der Waals surface area contributed by atoms with Crippen LogP contribution in [0.3, 0.4) is 0 Å². The molecule has 0 aromatic carbocycles. The van der Waals surface area contributed by atoms with Crippen LogP contribution < -0.4 is 10.6 Å². The van der Waals surface area contributed by atoms with E-state index in [1.165, 1.54) is 5.56 Å². The first-order chi connectivity index (χ1) is 10.5. The number of aryl methyl sites for hydroxylation is 1. The van der Waals surface area contributed by atoms with E-state index >= 15 is 0 Å². The third-order valence-electron chi connectivity index (χ3n) is 4.45. The first-order valence-corrected chi connectivity index (χ1v) is 8.54. The number of carbonyl (C=O) groups excluding carboxylic acids is 1. The van der Waals surface area contributed by atoms with Crippen molar-refractivity contribution in [3.05, 3.63) is 18.0 Å². The van der Waals surface area contributed by atoms with E-state index in [9.17, 15) is 4.79 Å². The Morgan fingerprint density at radius 1 is 1.45 bits per heavy atom. The van der Waals surface area contributed by atoms with Crippen molar-refractivity contribution in [1.29, 1.82) is 0 Å². The maximum atomic E-state index is 12.2. The molecule has 0 bridgehead atoms. The molecule has 0 unspecified atom stereocenters. The van der Waals surface area contributed by atoms with E-state index in [1.54, 1.807) is 0 Å². The molecule has 0 saturated heterocycles. The number of rotatable bonds is 6. The number of carbonyl (C=O) groups is 1. The molecule has 22 heavy (non-hydrogen) atoms. The average Bonchev–Trinajstić information content (AvgIpc) is 2.91. The van der Waals surface area contributed by atoms with E-state index < -0.39 is 0 Å². The van der Waals surface area contributed by atoms with E-state index in [0.717, 1.165) is 32.1 Å². The van der Waals surface area contributed by atoms with Crippen molar-refractivity contribution in [2.45, 2.75) is 71.0 Å². The highest BCUT2D eigenvalue weighted by molar-refractivity contribution is 5.79. The average molecular weight is 306 g/mol. The van der Waals surface area contributed by atoms with Gasteiger partial charge in [-0.3, -0.25) is 9.48 Å². The van der Waals surface area contributed by atoms with Gasteiger partial charge in [0, 0.05) is 42.9 Å². The number of hydrogen-bond donors (Lipinski definition) is 2. The fraction of sp³-hybridized carbons (Fsp3) is 0.765. The lowest BCUT2D eigenvalue weighted by molar-refractivity contribution is -0.126. The minimum Gasteiger partial charge on any atom is -0.354 e. The number of amides is 1. The third kappa shape index (κ3) is 4.57. The molecule has 3 atom stereocenters. The van der Waals surface area contributed by atoms with Crippen LogP contribution in [-0.2, 0) is 11.8 Å². The zero-order valence-electron chi connectivity index (χ0n) is 14.3. The Labute approximate surface area is 133 Å². The molecule has 1 fully saturated rings. The maximum Gasteiger partial charge on any atom is 0.223 e. The minimum absolute atomic E-state index is 0.153. The SMILES string of the molecule is CC[C@H](N[C@@H]1CCC[C@H](C(=O)NC(C)C)C1)c1cnn(C)c1. The van der Waals surface area contributed by atoms with Crippen LogP contribution in [0.25, 0.3) is 0 Å². The number of hydrogen-bond acceptors (Lipinski definition) is 3. The van der Waals surface area contributed by atoms with Crippen molar-refractivity contribution < 1.29 is 4.79 Å². The van der Waals surface area contributed by atoms with Crippen LogP contribution in [0, 0.1) is 5.92 Å². The fourth-order valence-electron chi connectivity index (χ4n) is 3.34. The van der Waals surface area contributed by atoms with Gasteiger partial charge in [0.05, 0.1) is 6.20 Å². The summed E-state index contributed by atoms with van der Waals surface area (Å²) in [6.45, 7) is 6.23. The summed E-state index contributed by atoms with van der Waals surface area (Å²) in [4.78, 5) is 12.2. The molecule has 2 rings (SSSR count). The second-order valence-corrected chi connectivity index (χ2v) is 6.80. The lowest BCUT2D eigenvalue weighted by Gasteiger charge is -2.32. The Bertz CT molecular complexity index is 483. The van der Waals surface area contributed by atoms with Gasteiger partial charge >= 0.3 is 0 Å². The van der Waals surface area contributed by atoms with Gasteiger partial charge in [0.2, 0.25) is 5.91 Å². The molecule has 1 aliphatic carbocycles. The van der Waals surface area contributed by atoms with Crippen LogP contribution in [0.5, 0.6) is 0 Å². The number of nitrogens with zero attached hydrogens (tertiary/aromatic N) is 2. The van der Waals surface area contributed by atoms with E-state index in [-0.39, 0.29) is 17.9 Å². The smallest absolute Gasteiger partial charge is 0.223 e. The molecule has 5 heteroatoms. The van der Waals surface area contributed by atoms with Gasteiger partial charge in [-0.15, -0.1) is 0 Å². The highest BCUT2D eigenvalue weighted by Crippen LogP contribution is 2.27. The molecule has 1 heterocycles. The van der Waals surface area contributed by atoms with Crippen molar-refractivity contribution in [3.8, 4) is 0 Å². The van der Waals surface area contributed by atoms with Crippen molar-refractivity contribution in [1.82, 2.24) is 20.4 Å². The van der Waals surface area contributed by atoms with Crippen LogP contribution >= 0.6 is 0 Å². The highest BCUT2D eigenvalue weighted by Gasteiger charge is 2.28. The van der Waals surface area contributed by atoms with Gasteiger partial charge in [-0.1, -0.05) is 13.3 Å². The summed E-state index contributed by atoms with van der Waals surface area (Å²) in [7, 11) is 1.95. The first kappa shape index (κ1) is 17.0. The van der Waals surface area contributed by atoms with E-state index in [4.69, 9.17) is 0 Å². The van der Waals surface area contributed by atoms with Gasteiger partial charge in [-0.2, -0.15) is 5.10 Å². The number of aromatic nitrogens is 2. The first-order valence-electron chi connectivity index (χ1n) is 8.54. The molecule has 0 radical (unpaired) electrons. The van der Waals surface area contributed by atoms with Gasteiger partial charge in [-0.25, -0.2) is 0 Å². The predicted octanol–water partition coefficient (Wildman–Crippen LogP) is 2.54. The molecule has 1 aromatic rings. The predicted molar refractivity (Wildman–Crippen MR) is 88.4 cm³/mol. The molecule has 124 valence electrons. The van der Waals surface area contributed by atoms with Crippen LogP contribution in [0.4, 0.5) is 0 Å². The molecular formula is C17H30N4O. The monoisotopic (exact) mass is 306 g/mol. The Hall–Kier alpha value is -1.36. The fourth-order valence-corrected chi connectivity index (χ4v) is 3.34. The summed E-state index contributed by atoms with van der Waals surface area (Å²) in [6, 6.07) is 0.965. The summed E-state index contributed by atoms with van der Waals surface area (Å²) in [5.41, 5.74) is 1.23. The normalized spacial score (nSPS) is 23.5. The Balaban J connectivity index is 1.92. The second-order valence-electron chi connectivity index (χ2n) is 6.80. The lowest BCUT2D eigenvalue weighted by atomic mass is 9.84. The molecule has 0 aliphatic heterocycles. The summed E-state index contributed by atoms with van der Waals surface area (Å²) in [6.07, 6.45) is 9.28. The molecule has 0 spiro atoms. The second kappa shape index (κ2) is 7.77. The quantitative estimate of drug-likeness (QED) is 0.849. The molecule has 5 nitrogen and oxygen atoms in total. The van der Waals surface area contributed by atoms with Crippen molar-refractivity contribution >= 4 is 5.91 Å². The Morgan fingerprint density at radius 2 is 2.23 bits per heavy atom. The molecule has 2 N–H and O–H groups in total. The highest BCUT2D eigenvalue weighted by atomic mass is 16.1. The lowest BCUT2D eigenvalue weighted by Crippen LogP contribution is -2.43. The molecule has 1 saturated carbocycles. The summed E-state index contributed by atoms with van der Waals surface area (Å²) in [5, 5.41) is 11.1. The summed E-state index contributed by atoms with van der Waals surface area (Å²) < 4.78 is 1.85. The topological polar surface area (TPSA) is 59.0 Å². The molecule has 1 amide bonds. The molecule has 1 aromatic heterocycles. The summed E-state index contributed by atoms with van der Waals surface area (Å²) in [5.74, 6) is 0.371. The van der Waals surface area contributed by atoms with Crippen LogP contribution in [0.1, 0.15) is 64.5 Å². The van der Waals surface area contributed by atoms with Gasteiger partial charge < -0.3 is 10.6 Å². The van der Waals surface area contributed by atoms with Crippen LogP contribution in [0.15, 0.2) is 12.4 Å². The van der Waals surface area contributed by atoms with Crippen LogP contribution in [0.2, 0.25) is 0 Å². The standard InChI is InChI=1S/C17H30N4O/c1-5-16(14-10-18-21(4)11-14)20-15-8-6-7-13(9-15)17(22)19-12(2)3/h10-13,15-16,20H,5-9H2,1-4H3,(H,19,22)/t13-,15+,16-/m0/s1. The van der Waals surface area contributed by atoms with Gasteiger partial charge in [0.25, 0.3) is 0 Å². The summed E-state index contributed by atoms with van der Waals surface area (Å²) >= 11 is 0. The van der Waals surface area contributed by atoms with Crippen LogP contribution in [-0.4, -0.2) is 27.8 Å². The Morgan fingerprint density at radius 3 is 2.82 bits per heavy atom. The van der Waals surface area contributed by atoms with E-state index in [2.05, 4.69) is 28.9 Å². The number of nitrogens with one attached hydrogen (secondary N) is 2. The maximum absolute atomic E-state index is 12.2. The third-order valence-corrected chi connectivity index (χ3v) is 4.45. The Kier molecular flexibility index (Phi) is 6.00. The largest absolute Gasteiger partial charge is 0.354 e. The van der Waals surface area contributed by atoms with Gasteiger partial charge in [0.15, 0.2) is 0 Å². The zero-order valence-corrected chi connectivity index (χ0v) is 14.3. The van der Waals surface area contributed by atoms with Crippen molar-refractivity contribution in [2.24, 2.45) is 13.0 Å².